The summed E-state index contributed by atoms with van der Waals surface area (Å²) in [4.78, 5) is 30.9. The Kier molecular flexibility index (Phi) is 4.55. The lowest BCUT2D eigenvalue weighted by molar-refractivity contribution is -0.384. The number of amidine groups is 1. The number of hydrogen-bond acceptors (Lipinski definition) is 6. The van der Waals surface area contributed by atoms with Crippen LogP contribution in [0.15, 0.2) is 80.7 Å². The minimum Gasteiger partial charge on any atom is -0.457 e. The Balaban J connectivity index is 1.65. The first-order valence-electron chi connectivity index (χ1n) is 8.58. The lowest BCUT2D eigenvalue weighted by Gasteiger charge is -2.17. The molecule has 29 heavy (non-hydrogen) atoms. The lowest BCUT2D eigenvalue weighted by Crippen LogP contribution is -2.27. The molecule has 0 radical (unpaired) electrons. The molecule has 0 N–H and O–H groups in total. The molecule has 0 saturated carbocycles. The van der Waals surface area contributed by atoms with Crippen molar-refractivity contribution in [3.8, 4) is 17.4 Å². The Hall–Kier alpha value is -4.38. The highest BCUT2D eigenvalue weighted by Crippen LogP contribution is 2.27. The van der Waals surface area contributed by atoms with Gasteiger partial charge in [0.05, 0.1) is 10.6 Å². The van der Waals surface area contributed by atoms with Crippen molar-refractivity contribution in [1.82, 2.24) is 0 Å². The van der Waals surface area contributed by atoms with Crippen LogP contribution >= 0.6 is 0 Å². The zero-order valence-corrected chi connectivity index (χ0v) is 14.9. The van der Waals surface area contributed by atoms with Gasteiger partial charge in [0, 0.05) is 23.8 Å². The standard InChI is InChI=1S/C21H12N4O4/c22-12-14(20-23-18-7-2-1-6-17(18)21(26)24-20)11-16-8-9-19(29-16)13-4-3-5-15(10-13)25(27)28/h1-11,17H/b14-11+. The summed E-state index contributed by atoms with van der Waals surface area (Å²) in [5.41, 5.74) is 1.08. The summed E-state index contributed by atoms with van der Waals surface area (Å²) in [7, 11) is 0. The highest BCUT2D eigenvalue weighted by Gasteiger charge is 2.27. The molecule has 0 bridgehead atoms. The molecule has 8 nitrogen and oxygen atoms in total. The number of nitriles is 1. The molecular formula is C21H12N4O4. The summed E-state index contributed by atoms with van der Waals surface area (Å²) in [6.45, 7) is 0. The monoisotopic (exact) mass is 384 g/mol. The van der Waals surface area contributed by atoms with Crippen LogP contribution in [0.4, 0.5) is 5.69 Å². The van der Waals surface area contributed by atoms with Gasteiger partial charge >= 0.3 is 0 Å². The maximum atomic E-state index is 12.2. The van der Waals surface area contributed by atoms with Crippen LogP contribution in [0, 0.1) is 27.4 Å². The van der Waals surface area contributed by atoms with Gasteiger partial charge in [0.1, 0.15) is 29.1 Å². The van der Waals surface area contributed by atoms with E-state index in [4.69, 9.17) is 4.42 Å². The predicted octanol–water partition coefficient (Wildman–Crippen LogP) is 3.88. The van der Waals surface area contributed by atoms with E-state index in [0.29, 0.717) is 22.8 Å². The fraction of sp³-hybridized carbons (Fsp3) is 0.0476. The molecule has 1 aliphatic heterocycles. The van der Waals surface area contributed by atoms with Gasteiger partial charge in [0.15, 0.2) is 5.84 Å². The van der Waals surface area contributed by atoms with Crippen LogP contribution in [0.5, 0.6) is 0 Å². The highest BCUT2D eigenvalue weighted by atomic mass is 16.6. The molecule has 1 atom stereocenters. The third-order valence-electron chi connectivity index (χ3n) is 4.33. The number of fused-ring (bicyclic) bond motifs is 1. The molecule has 2 aliphatic rings. The molecule has 0 saturated heterocycles. The molecule has 1 unspecified atom stereocenters. The number of amides is 1. The highest BCUT2D eigenvalue weighted by molar-refractivity contribution is 6.25. The van der Waals surface area contributed by atoms with Crippen LogP contribution in [0.25, 0.3) is 17.4 Å². The molecule has 2 aromatic rings. The average molecular weight is 384 g/mol. The predicted molar refractivity (Wildman–Crippen MR) is 106 cm³/mol. The first-order valence-corrected chi connectivity index (χ1v) is 8.58. The second-order valence-corrected chi connectivity index (χ2v) is 6.21. The fourth-order valence-corrected chi connectivity index (χ4v) is 2.94. The average Bonchev–Trinajstić information content (AvgIpc) is 3.21. The van der Waals surface area contributed by atoms with Gasteiger partial charge in [-0.3, -0.25) is 14.9 Å². The van der Waals surface area contributed by atoms with E-state index in [-0.39, 0.29) is 23.0 Å². The molecule has 1 aliphatic carbocycles. The van der Waals surface area contributed by atoms with Crippen molar-refractivity contribution in [1.29, 1.82) is 5.26 Å². The molecule has 0 spiro atoms. The topological polar surface area (TPSA) is 122 Å². The van der Waals surface area contributed by atoms with E-state index >= 15 is 0 Å². The number of carbonyl (C=O) groups excluding carboxylic acids is 1. The summed E-state index contributed by atoms with van der Waals surface area (Å²) in [6.07, 6.45) is 8.36. The third-order valence-corrected chi connectivity index (χ3v) is 4.33. The van der Waals surface area contributed by atoms with Gasteiger partial charge in [-0.2, -0.15) is 10.3 Å². The van der Waals surface area contributed by atoms with Gasteiger partial charge in [-0.15, -0.1) is 0 Å². The minimum absolute atomic E-state index is 0.0250. The Morgan fingerprint density at radius 3 is 2.90 bits per heavy atom. The van der Waals surface area contributed by atoms with Gasteiger partial charge in [-0.25, -0.2) is 4.99 Å². The second-order valence-electron chi connectivity index (χ2n) is 6.21. The van der Waals surface area contributed by atoms with Crippen molar-refractivity contribution in [2.45, 2.75) is 0 Å². The van der Waals surface area contributed by atoms with Crippen LogP contribution in [-0.4, -0.2) is 22.4 Å². The molecular weight excluding hydrogens is 372 g/mol. The van der Waals surface area contributed by atoms with Gasteiger partial charge in [0.2, 0.25) is 0 Å². The van der Waals surface area contributed by atoms with E-state index in [1.807, 2.05) is 6.07 Å². The van der Waals surface area contributed by atoms with E-state index in [1.165, 1.54) is 18.2 Å². The third kappa shape index (κ3) is 3.57. The summed E-state index contributed by atoms with van der Waals surface area (Å²) >= 11 is 0. The quantitative estimate of drug-likeness (QED) is 0.450. The smallest absolute Gasteiger partial charge is 0.270 e. The second kappa shape index (κ2) is 7.32. The van der Waals surface area contributed by atoms with Crippen molar-refractivity contribution < 1.29 is 14.1 Å². The van der Waals surface area contributed by atoms with Gasteiger partial charge < -0.3 is 4.42 Å². The molecule has 1 aromatic heterocycles. The summed E-state index contributed by atoms with van der Waals surface area (Å²) < 4.78 is 5.70. The van der Waals surface area contributed by atoms with Crippen LogP contribution < -0.4 is 0 Å². The van der Waals surface area contributed by atoms with Gasteiger partial charge in [-0.05, 0) is 18.2 Å². The van der Waals surface area contributed by atoms with Crippen LogP contribution in [0.2, 0.25) is 0 Å². The number of non-ortho nitro benzene ring substituents is 1. The molecule has 1 aromatic carbocycles. The van der Waals surface area contributed by atoms with Crippen molar-refractivity contribution >= 4 is 29.2 Å². The number of benzene rings is 1. The number of aliphatic imine (C=N–C) groups is 2. The van der Waals surface area contributed by atoms with Gasteiger partial charge in [-0.1, -0.05) is 30.4 Å². The number of rotatable bonds is 4. The van der Waals surface area contributed by atoms with Gasteiger partial charge in [0.25, 0.3) is 11.6 Å². The van der Waals surface area contributed by atoms with E-state index in [1.54, 1.807) is 48.6 Å². The van der Waals surface area contributed by atoms with E-state index in [0.717, 1.165) is 0 Å². The summed E-state index contributed by atoms with van der Waals surface area (Å²) in [6, 6.07) is 11.3. The van der Waals surface area contributed by atoms with E-state index in [9.17, 15) is 20.2 Å². The Labute approximate surface area is 164 Å². The van der Waals surface area contributed by atoms with Crippen LogP contribution in [-0.2, 0) is 4.79 Å². The largest absolute Gasteiger partial charge is 0.457 e. The zero-order chi connectivity index (χ0) is 20.4. The molecule has 8 heteroatoms. The molecule has 140 valence electrons. The van der Waals surface area contributed by atoms with Crippen LogP contribution in [0.1, 0.15) is 5.76 Å². The number of nitro groups is 1. The maximum Gasteiger partial charge on any atom is 0.270 e. The maximum absolute atomic E-state index is 12.2. The summed E-state index contributed by atoms with van der Waals surface area (Å²) in [5.74, 6) is -0.140. The number of carbonyl (C=O) groups is 1. The molecule has 0 fully saturated rings. The SMILES string of the molecule is N#C/C(=C\c1ccc(-c2cccc([N+](=O)[O-])c2)o1)C1=NC(=O)C2C=CC=CC2=N1. The first kappa shape index (κ1) is 18.0. The van der Waals surface area contributed by atoms with Crippen LogP contribution in [0.3, 0.4) is 0 Å². The fourth-order valence-electron chi connectivity index (χ4n) is 2.94. The lowest BCUT2D eigenvalue weighted by atomic mass is 9.96. The molecule has 4 rings (SSSR count). The normalized spacial score (nSPS) is 18.0. The number of nitro benzene ring substituents is 1. The minimum atomic E-state index is -0.521. The van der Waals surface area contributed by atoms with Crippen molar-refractivity contribution in [2.75, 3.05) is 0 Å². The summed E-state index contributed by atoms with van der Waals surface area (Å²) in [5, 5.41) is 20.5. The van der Waals surface area contributed by atoms with E-state index in [2.05, 4.69) is 9.98 Å². The number of nitrogens with zero attached hydrogens (tertiary/aromatic N) is 4. The molecule has 1 amide bonds. The van der Waals surface area contributed by atoms with Crippen molar-refractivity contribution in [2.24, 2.45) is 15.9 Å². The zero-order valence-electron chi connectivity index (χ0n) is 14.9. The Morgan fingerprint density at radius 1 is 1.24 bits per heavy atom. The number of furan rings is 1. The number of hydrogen-bond donors (Lipinski definition) is 0. The van der Waals surface area contributed by atoms with Crippen molar-refractivity contribution in [3.05, 3.63) is 82.1 Å². The Morgan fingerprint density at radius 2 is 2.10 bits per heavy atom. The number of allylic oxidation sites excluding steroid dienone is 3. The van der Waals surface area contributed by atoms with Crippen molar-refractivity contribution in [3.63, 3.8) is 0 Å². The molecule has 2 heterocycles. The van der Waals surface area contributed by atoms with E-state index < -0.39 is 10.8 Å². The first-order chi connectivity index (χ1) is 14.0. The Bertz CT molecular complexity index is 1220.